The van der Waals surface area contributed by atoms with Gasteiger partial charge in [0.1, 0.15) is 0 Å². The van der Waals surface area contributed by atoms with Gasteiger partial charge in [-0.1, -0.05) is 11.8 Å². The summed E-state index contributed by atoms with van der Waals surface area (Å²) in [5, 5.41) is 8.27. The monoisotopic (exact) mass is 242 g/mol. The summed E-state index contributed by atoms with van der Waals surface area (Å²) in [5.74, 6) is -0.0390. The van der Waals surface area contributed by atoms with Gasteiger partial charge in [-0.05, 0) is 32.1 Å². The van der Waals surface area contributed by atoms with Crippen LogP contribution in [-0.4, -0.2) is 28.6 Å². The molecule has 2 aliphatic rings. The Balaban J connectivity index is 1.86. The number of guanidine groups is 1. The summed E-state index contributed by atoms with van der Waals surface area (Å²) in [4.78, 5) is 3.74. The highest BCUT2D eigenvalue weighted by atomic mass is 32.2. The minimum atomic E-state index is -0.0390. The molecule has 5 nitrogen and oxygen atoms in total. The van der Waals surface area contributed by atoms with Gasteiger partial charge in [0.25, 0.3) is 0 Å². The Kier molecular flexibility index (Phi) is 3.39. The van der Waals surface area contributed by atoms with Crippen molar-refractivity contribution in [1.82, 2.24) is 0 Å². The van der Waals surface area contributed by atoms with Gasteiger partial charge < -0.3 is 16.2 Å². The summed E-state index contributed by atoms with van der Waals surface area (Å²) >= 11 is 1.46. The van der Waals surface area contributed by atoms with Gasteiger partial charge >= 0.3 is 0 Å². The van der Waals surface area contributed by atoms with Gasteiger partial charge in [-0.15, -0.1) is 0 Å². The summed E-state index contributed by atoms with van der Waals surface area (Å²) in [6, 6.07) is 0. The number of hydrogen-bond donors (Lipinski definition) is 3. The second-order valence-corrected chi connectivity index (χ2v) is 5.75. The summed E-state index contributed by atoms with van der Waals surface area (Å²) in [6.45, 7) is 0.798. The lowest BCUT2D eigenvalue weighted by Gasteiger charge is -2.46. The summed E-state index contributed by atoms with van der Waals surface area (Å²) < 4.78 is 5.83. The highest BCUT2D eigenvalue weighted by Crippen LogP contribution is 2.45. The zero-order chi connectivity index (χ0) is 11.6. The molecule has 5 N–H and O–H groups in total. The van der Waals surface area contributed by atoms with Crippen molar-refractivity contribution in [3.8, 4) is 0 Å². The number of ether oxygens (including phenoxy) is 1. The molecule has 0 aromatic carbocycles. The molecule has 2 fully saturated rings. The second-order valence-electron chi connectivity index (χ2n) is 4.46. The normalized spacial score (nSPS) is 27.1. The summed E-state index contributed by atoms with van der Waals surface area (Å²) in [6.07, 6.45) is 5.61. The molecule has 1 heterocycles. The van der Waals surface area contributed by atoms with Crippen LogP contribution in [0.1, 0.15) is 32.1 Å². The third-order valence-corrected chi connectivity index (χ3v) is 4.27. The number of nitrogens with zero attached hydrogens (tertiary/aromatic N) is 1. The lowest BCUT2D eigenvalue weighted by atomic mass is 9.75. The van der Waals surface area contributed by atoms with Gasteiger partial charge in [-0.2, -0.15) is 4.99 Å². The fourth-order valence-electron chi connectivity index (χ4n) is 2.30. The van der Waals surface area contributed by atoms with Crippen LogP contribution in [0.3, 0.4) is 0 Å². The molecule has 1 unspecified atom stereocenters. The van der Waals surface area contributed by atoms with Crippen molar-refractivity contribution >= 4 is 22.9 Å². The Morgan fingerprint density at radius 1 is 1.44 bits per heavy atom. The van der Waals surface area contributed by atoms with Crippen molar-refractivity contribution < 1.29 is 4.74 Å². The predicted molar refractivity (Wildman–Crippen MR) is 66.7 cm³/mol. The van der Waals surface area contributed by atoms with Crippen LogP contribution in [0.4, 0.5) is 0 Å². The van der Waals surface area contributed by atoms with Gasteiger partial charge in [-0.3, -0.25) is 5.41 Å². The van der Waals surface area contributed by atoms with Gasteiger partial charge in [0.05, 0.1) is 5.60 Å². The maximum absolute atomic E-state index is 7.63. The van der Waals surface area contributed by atoms with Crippen molar-refractivity contribution in [3.63, 3.8) is 0 Å². The minimum absolute atomic E-state index is 0.0390. The van der Waals surface area contributed by atoms with Crippen molar-refractivity contribution in [2.75, 3.05) is 6.61 Å². The Hall–Kier alpha value is -0.750. The van der Waals surface area contributed by atoms with Crippen LogP contribution in [0.5, 0.6) is 0 Å². The Bertz CT molecular complexity index is 310. The maximum atomic E-state index is 7.63. The molecule has 0 radical (unpaired) electrons. The lowest BCUT2D eigenvalue weighted by molar-refractivity contribution is -0.124. The largest absolute Gasteiger partial charge is 0.375 e. The molecule has 1 spiro atoms. The van der Waals surface area contributed by atoms with Crippen LogP contribution in [0.25, 0.3) is 0 Å². The number of thioether (sulfide) groups is 1. The maximum Gasteiger partial charge on any atom is 0.193 e. The molecule has 1 aliphatic heterocycles. The molecular weight excluding hydrogens is 224 g/mol. The third-order valence-electron chi connectivity index (χ3n) is 3.22. The smallest absolute Gasteiger partial charge is 0.193 e. The summed E-state index contributed by atoms with van der Waals surface area (Å²) in [5.41, 5.74) is 10.6. The molecule has 0 bridgehead atoms. The van der Waals surface area contributed by atoms with Gasteiger partial charge in [0.2, 0.25) is 0 Å². The Morgan fingerprint density at radius 3 is 2.75 bits per heavy atom. The van der Waals surface area contributed by atoms with Crippen LogP contribution in [0, 0.1) is 5.41 Å². The van der Waals surface area contributed by atoms with Gasteiger partial charge in [0.15, 0.2) is 11.1 Å². The first-order chi connectivity index (χ1) is 7.60. The number of nitrogens with two attached hydrogens (primary N) is 2. The molecule has 2 rings (SSSR count). The third kappa shape index (κ3) is 2.68. The number of hydrogen-bond acceptors (Lipinski definition) is 3. The molecule has 1 saturated heterocycles. The van der Waals surface area contributed by atoms with Crippen molar-refractivity contribution in [1.29, 1.82) is 5.41 Å². The van der Waals surface area contributed by atoms with E-state index in [9.17, 15) is 0 Å². The van der Waals surface area contributed by atoms with Gasteiger partial charge in [0, 0.05) is 11.9 Å². The molecule has 1 saturated carbocycles. The second kappa shape index (κ2) is 4.63. The van der Waals surface area contributed by atoms with Gasteiger partial charge in [-0.25, -0.2) is 0 Å². The highest BCUT2D eigenvalue weighted by molar-refractivity contribution is 8.14. The van der Waals surface area contributed by atoms with E-state index in [0.717, 1.165) is 19.4 Å². The van der Waals surface area contributed by atoms with Crippen LogP contribution < -0.4 is 11.5 Å². The highest BCUT2D eigenvalue weighted by Gasteiger charge is 2.42. The average Bonchev–Trinajstić information content (AvgIpc) is 2.14. The Morgan fingerprint density at radius 2 is 2.19 bits per heavy atom. The van der Waals surface area contributed by atoms with E-state index < -0.39 is 0 Å². The molecule has 1 atom stereocenters. The topological polar surface area (TPSA) is 97.5 Å². The molecule has 0 aromatic heterocycles. The average molecular weight is 242 g/mol. The van der Waals surface area contributed by atoms with E-state index in [0.29, 0.717) is 5.25 Å². The number of aliphatic imine (C=N–C) groups is 1. The van der Waals surface area contributed by atoms with Crippen molar-refractivity contribution in [2.24, 2.45) is 16.5 Å². The van der Waals surface area contributed by atoms with Crippen LogP contribution in [0.2, 0.25) is 0 Å². The number of amidine groups is 1. The van der Waals surface area contributed by atoms with E-state index in [2.05, 4.69) is 4.99 Å². The zero-order valence-electron chi connectivity index (χ0n) is 9.24. The lowest BCUT2D eigenvalue weighted by Crippen LogP contribution is -2.46. The first-order valence-electron chi connectivity index (χ1n) is 5.58. The fraction of sp³-hybridized carbons (Fsp3) is 0.800. The molecule has 1 aliphatic carbocycles. The molecule has 16 heavy (non-hydrogen) atoms. The molecule has 0 amide bonds. The standard InChI is InChI=1S/C10H18N4OS/c11-8(12)14-9(13)16-7-2-5-15-10(6-7)3-1-4-10/h7H,1-6H2,(H5,11,12,13,14). The summed E-state index contributed by atoms with van der Waals surface area (Å²) in [7, 11) is 0. The van der Waals surface area contributed by atoms with E-state index in [1.807, 2.05) is 0 Å². The SMILES string of the molecule is N=C(N=C(N)N)SC1CCOC2(CCC2)C1. The van der Waals surface area contributed by atoms with Crippen molar-refractivity contribution in [2.45, 2.75) is 43.0 Å². The molecule has 0 aromatic rings. The first-order valence-corrected chi connectivity index (χ1v) is 6.46. The first kappa shape index (κ1) is 11.7. The van der Waals surface area contributed by atoms with E-state index in [1.54, 1.807) is 0 Å². The molecule has 90 valence electrons. The van der Waals surface area contributed by atoms with Crippen molar-refractivity contribution in [3.05, 3.63) is 0 Å². The molecular formula is C10H18N4OS. The number of rotatable bonds is 1. The van der Waals surface area contributed by atoms with Crippen LogP contribution in [0.15, 0.2) is 4.99 Å². The zero-order valence-corrected chi connectivity index (χ0v) is 10.1. The molecule has 6 heteroatoms. The fourth-order valence-corrected chi connectivity index (χ4v) is 3.38. The van der Waals surface area contributed by atoms with E-state index in [4.69, 9.17) is 21.6 Å². The van der Waals surface area contributed by atoms with E-state index >= 15 is 0 Å². The van der Waals surface area contributed by atoms with Crippen LogP contribution >= 0.6 is 11.8 Å². The van der Waals surface area contributed by atoms with Crippen LogP contribution in [-0.2, 0) is 4.74 Å². The van der Waals surface area contributed by atoms with E-state index in [-0.39, 0.29) is 16.7 Å². The quantitative estimate of drug-likeness (QED) is 0.472. The minimum Gasteiger partial charge on any atom is -0.375 e. The van der Waals surface area contributed by atoms with E-state index in [1.165, 1.54) is 31.0 Å². The number of nitrogens with one attached hydrogen (secondary N) is 1. The Labute approximate surface area is 99.5 Å². The predicted octanol–water partition coefficient (Wildman–Crippen LogP) is 1.03.